The van der Waals surface area contributed by atoms with Crippen LogP contribution in [0.2, 0.25) is 0 Å². The molecule has 3 aromatic rings. The van der Waals surface area contributed by atoms with Gasteiger partial charge in [0.2, 0.25) is 11.9 Å². The molecule has 0 saturated heterocycles. The monoisotopic (exact) mass is 497 g/mol. The molecule has 190 valence electrons. The van der Waals surface area contributed by atoms with Crippen LogP contribution in [0.4, 0.5) is 24.9 Å². The molecule has 0 radical (unpaired) electrons. The number of alkyl halides is 3. The first-order valence-corrected chi connectivity index (χ1v) is 12.0. The minimum atomic E-state index is -4.41. The fourth-order valence-corrected chi connectivity index (χ4v) is 4.45. The summed E-state index contributed by atoms with van der Waals surface area (Å²) in [6.07, 6.45) is 2.04. The van der Waals surface area contributed by atoms with Gasteiger partial charge in [-0.05, 0) is 67.5 Å². The van der Waals surface area contributed by atoms with Crippen molar-refractivity contribution in [1.82, 2.24) is 15.3 Å². The largest absolute Gasteiger partial charge is 0.416 e. The fourth-order valence-electron chi connectivity index (χ4n) is 4.45. The van der Waals surface area contributed by atoms with E-state index in [1.807, 2.05) is 43.3 Å². The standard InChI is InChI=1S/C27H30F3N5O/c1-35(2)25-22-8-3-4-9-23(22)33-26(34-25)32-21-13-10-19(11-14-21)17-31-24(36)15-12-18-6-5-7-20(16-18)27(28,29)30/h3-9,12,15-16,19,21H,10-11,13-14,17H2,1-2H3,(H,31,36)(H,32,33,34)/b15-12+. The molecule has 36 heavy (non-hydrogen) atoms. The second-order valence-electron chi connectivity index (χ2n) is 9.35. The Labute approximate surface area is 208 Å². The molecule has 1 aliphatic rings. The number of anilines is 2. The van der Waals surface area contributed by atoms with Gasteiger partial charge in [-0.15, -0.1) is 0 Å². The number of benzene rings is 2. The van der Waals surface area contributed by atoms with Gasteiger partial charge in [0.15, 0.2) is 0 Å². The summed E-state index contributed by atoms with van der Waals surface area (Å²) in [4.78, 5) is 23.6. The number of hydrogen-bond donors (Lipinski definition) is 2. The minimum absolute atomic E-state index is 0.258. The van der Waals surface area contributed by atoms with E-state index in [4.69, 9.17) is 4.98 Å². The number of carbonyl (C=O) groups is 1. The maximum atomic E-state index is 12.8. The Bertz CT molecular complexity index is 1230. The number of carbonyl (C=O) groups excluding carboxylic acids is 1. The zero-order valence-electron chi connectivity index (χ0n) is 20.3. The van der Waals surface area contributed by atoms with E-state index in [1.54, 1.807) is 0 Å². The molecule has 0 spiro atoms. The predicted molar refractivity (Wildman–Crippen MR) is 137 cm³/mol. The van der Waals surface area contributed by atoms with E-state index in [9.17, 15) is 18.0 Å². The molecule has 1 fully saturated rings. The third-order valence-corrected chi connectivity index (χ3v) is 6.39. The highest BCUT2D eigenvalue weighted by Gasteiger charge is 2.30. The number of amides is 1. The highest BCUT2D eigenvalue weighted by atomic mass is 19.4. The summed E-state index contributed by atoms with van der Waals surface area (Å²) in [5, 5.41) is 7.36. The molecule has 1 aromatic heterocycles. The summed E-state index contributed by atoms with van der Waals surface area (Å²) in [5.41, 5.74) is 0.496. The summed E-state index contributed by atoms with van der Waals surface area (Å²) in [6, 6.07) is 13.1. The fraction of sp³-hybridized carbons (Fsp3) is 0.370. The molecular formula is C27H30F3N5O. The van der Waals surface area contributed by atoms with Gasteiger partial charge in [-0.2, -0.15) is 18.2 Å². The van der Waals surface area contributed by atoms with Crippen molar-refractivity contribution in [2.24, 2.45) is 5.92 Å². The zero-order chi connectivity index (χ0) is 25.7. The Hall–Kier alpha value is -3.62. The molecule has 1 heterocycles. The van der Waals surface area contributed by atoms with Crippen LogP contribution in [0.3, 0.4) is 0 Å². The quantitative estimate of drug-likeness (QED) is 0.421. The second-order valence-corrected chi connectivity index (χ2v) is 9.35. The third kappa shape index (κ3) is 6.53. The normalized spacial score (nSPS) is 18.4. The molecule has 9 heteroatoms. The van der Waals surface area contributed by atoms with E-state index in [1.165, 1.54) is 24.3 Å². The number of nitrogens with one attached hydrogen (secondary N) is 2. The van der Waals surface area contributed by atoms with Gasteiger partial charge in [0, 0.05) is 38.1 Å². The van der Waals surface area contributed by atoms with Crippen molar-refractivity contribution < 1.29 is 18.0 Å². The van der Waals surface area contributed by atoms with Crippen LogP contribution in [-0.4, -0.2) is 42.6 Å². The summed E-state index contributed by atoms with van der Waals surface area (Å²) >= 11 is 0. The highest BCUT2D eigenvalue weighted by molar-refractivity contribution is 5.92. The van der Waals surface area contributed by atoms with Crippen molar-refractivity contribution in [2.45, 2.75) is 37.9 Å². The molecule has 0 atom stereocenters. The smallest absolute Gasteiger partial charge is 0.362 e. The van der Waals surface area contributed by atoms with Gasteiger partial charge in [-0.3, -0.25) is 4.79 Å². The van der Waals surface area contributed by atoms with Crippen LogP contribution in [0.25, 0.3) is 17.0 Å². The van der Waals surface area contributed by atoms with E-state index >= 15 is 0 Å². The number of para-hydroxylation sites is 1. The van der Waals surface area contributed by atoms with Gasteiger partial charge in [0.25, 0.3) is 0 Å². The molecule has 4 rings (SSSR count). The SMILES string of the molecule is CN(C)c1nc(NC2CCC(CNC(=O)/C=C/c3cccc(C(F)(F)F)c3)CC2)nc2ccccc12. The molecule has 6 nitrogen and oxygen atoms in total. The van der Waals surface area contributed by atoms with E-state index in [-0.39, 0.29) is 11.9 Å². The van der Waals surface area contributed by atoms with Crippen LogP contribution in [0.15, 0.2) is 54.6 Å². The number of rotatable bonds is 7. The lowest BCUT2D eigenvalue weighted by Crippen LogP contribution is -2.33. The van der Waals surface area contributed by atoms with Crippen molar-refractivity contribution in [3.8, 4) is 0 Å². The summed E-state index contributed by atoms with van der Waals surface area (Å²) in [5.74, 6) is 1.53. The highest BCUT2D eigenvalue weighted by Crippen LogP contribution is 2.30. The number of halogens is 3. The second kappa shape index (κ2) is 11.0. The van der Waals surface area contributed by atoms with Gasteiger partial charge in [-0.1, -0.05) is 24.3 Å². The molecule has 1 aliphatic carbocycles. The Balaban J connectivity index is 1.26. The maximum Gasteiger partial charge on any atom is 0.416 e. The zero-order valence-corrected chi connectivity index (χ0v) is 20.3. The van der Waals surface area contributed by atoms with Gasteiger partial charge in [-0.25, -0.2) is 4.98 Å². The van der Waals surface area contributed by atoms with E-state index < -0.39 is 11.7 Å². The van der Waals surface area contributed by atoms with Crippen LogP contribution in [-0.2, 0) is 11.0 Å². The number of fused-ring (bicyclic) bond motifs is 1. The third-order valence-electron chi connectivity index (χ3n) is 6.39. The van der Waals surface area contributed by atoms with Crippen molar-refractivity contribution >= 4 is 34.7 Å². The van der Waals surface area contributed by atoms with Gasteiger partial charge >= 0.3 is 6.18 Å². The summed E-state index contributed by atoms with van der Waals surface area (Å²) < 4.78 is 38.5. The Morgan fingerprint density at radius 2 is 1.81 bits per heavy atom. The molecule has 0 unspecified atom stereocenters. The van der Waals surface area contributed by atoms with E-state index in [2.05, 4.69) is 15.6 Å². The first-order chi connectivity index (χ1) is 17.2. The molecule has 1 saturated carbocycles. The summed E-state index contributed by atoms with van der Waals surface area (Å²) in [6.45, 7) is 0.537. The van der Waals surface area contributed by atoms with Crippen LogP contribution in [0.1, 0.15) is 36.8 Å². The molecule has 0 aliphatic heterocycles. The average Bonchev–Trinajstić information content (AvgIpc) is 2.86. The lowest BCUT2D eigenvalue weighted by Gasteiger charge is -2.29. The number of hydrogen-bond acceptors (Lipinski definition) is 5. The molecule has 1 amide bonds. The van der Waals surface area contributed by atoms with Crippen molar-refractivity contribution in [3.05, 3.63) is 65.7 Å². The topological polar surface area (TPSA) is 70.2 Å². The molecule has 2 N–H and O–H groups in total. The van der Waals surface area contributed by atoms with Crippen LogP contribution < -0.4 is 15.5 Å². The van der Waals surface area contributed by atoms with Crippen LogP contribution in [0.5, 0.6) is 0 Å². The summed E-state index contributed by atoms with van der Waals surface area (Å²) in [7, 11) is 3.93. The predicted octanol–water partition coefficient (Wildman–Crippen LogP) is 5.51. The number of aromatic nitrogens is 2. The lowest BCUT2D eigenvalue weighted by molar-refractivity contribution is -0.137. The van der Waals surface area contributed by atoms with Crippen LogP contribution in [0, 0.1) is 5.92 Å². The number of nitrogens with zero attached hydrogens (tertiary/aromatic N) is 3. The average molecular weight is 498 g/mol. The molecule has 0 bridgehead atoms. The Kier molecular flexibility index (Phi) is 7.76. The Morgan fingerprint density at radius 3 is 2.53 bits per heavy atom. The molecule has 2 aromatic carbocycles. The first kappa shape index (κ1) is 25.5. The van der Waals surface area contributed by atoms with Crippen molar-refractivity contribution in [3.63, 3.8) is 0 Å². The van der Waals surface area contributed by atoms with Crippen molar-refractivity contribution in [1.29, 1.82) is 0 Å². The minimum Gasteiger partial charge on any atom is -0.362 e. The Morgan fingerprint density at radius 1 is 1.06 bits per heavy atom. The first-order valence-electron chi connectivity index (χ1n) is 12.0. The molecular weight excluding hydrogens is 467 g/mol. The van der Waals surface area contributed by atoms with Crippen LogP contribution >= 0.6 is 0 Å². The van der Waals surface area contributed by atoms with Crippen molar-refractivity contribution in [2.75, 3.05) is 30.9 Å². The van der Waals surface area contributed by atoms with E-state index in [0.717, 1.165) is 54.5 Å². The van der Waals surface area contributed by atoms with E-state index in [0.29, 0.717) is 24.0 Å². The van der Waals surface area contributed by atoms with Gasteiger partial charge in [0.05, 0.1) is 11.1 Å². The van der Waals surface area contributed by atoms with Gasteiger partial charge < -0.3 is 15.5 Å². The van der Waals surface area contributed by atoms with Gasteiger partial charge in [0.1, 0.15) is 5.82 Å². The lowest BCUT2D eigenvalue weighted by atomic mass is 9.86. The maximum absolute atomic E-state index is 12.8.